The van der Waals surface area contributed by atoms with Crippen molar-refractivity contribution in [3.8, 4) is 0 Å². The molecule has 33 heavy (non-hydrogen) atoms. The standard InChI is InChI=1S/C28H34NO2P.BrH/c1-29(2)24-19-21-27(22-20-24)32(25-14-8-6-9-15-25,26-16-10-7-11-17-26)23-13-5-3-4-12-18-28(30)31;/h6-11,14-17,19-22H,3-5,12-13,18,23H2,1-2H3;1H. The fourth-order valence-corrected chi connectivity index (χ4v) is 8.75. The molecule has 0 aromatic heterocycles. The van der Waals surface area contributed by atoms with E-state index in [0.29, 0.717) is 0 Å². The van der Waals surface area contributed by atoms with Gasteiger partial charge in [0.25, 0.3) is 0 Å². The van der Waals surface area contributed by atoms with Crippen LogP contribution in [0.15, 0.2) is 84.9 Å². The molecule has 0 bridgehead atoms. The maximum Gasteiger partial charge on any atom is 0.303 e. The molecule has 0 heterocycles. The summed E-state index contributed by atoms with van der Waals surface area (Å²) in [6.45, 7) is 0. The van der Waals surface area contributed by atoms with Crippen molar-refractivity contribution in [3.05, 3.63) is 84.9 Å². The summed E-state index contributed by atoms with van der Waals surface area (Å²) in [5.74, 6) is -0.690. The second-order valence-corrected chi connectivity index (χ2v) is 12.1. The highest BCUT2D eigenvalue weighted by molar-refractivity contribution is 7.95. The average molecular weight is 528 g/mol. The van der Waals surface area contributed by atoms with Gasteiger partial charge in [0.2, 0.25) is 0 Å². The number of aliphatic carboxylic acids is 1. The minimum atomic E-state index is -1.79. The highest BCUT2D eigenvalue weighted by atomic mass is 79.9. The van der Waals surface area contributed by atoms with E-state index in [1.54, 1.807) is 0 Å². The summed E-state index contributed by atoms with van der Waals surface area (Å²) in [5.41, 5.74) is 1.21. The predicted octanol–water partition coefficient (Wildman–Crippen LogP) is 2.48. The molecule has 0 atom stereocenters. The van der Waals surface area contributed by atoms with Crippen LogP contribution in [0.25, 0.3) is 0 Å². The molecule has 0 saturated carbocycles. The van der Waals surface area contributed by atoms with Crippen molar-refractivity contribution in [2.75, 3.05) is 25.2 Å². The molecule has 0 fully saturated rings. The molecule has 0 aliphatic rings. The fraction of sp³-hybridized carbons (Fsp3) is 0.321. The Hall–Kier alpha value is -2.16. The number of anilines is 1. The fourth-order valence-electron chi connectivity index (χ4n) is 4.36. The van der Waals surface area contributed by atoms with Crippen LogP contribution >= 0.6 is 7.26 Å². The lowest BCUT2D eigenvalue weighted by Gasteiger charge is -2.28. The third-order valence-electron chi connectivity index (χ3n) is 6.08. The maximum absolute atomic E-state index is 10.8. The van der Waals surface area contributed by atoms with Gasteiger partial charge in [0.15, 0.2) is 0 Å². The first-order valence-corrected chi connectivity index (χ1v) is 13.5. The summed E-state index contributed by atoms with van der Waals surface area (Å²) < 4.78 is 0. The van der Waals surface area contributed by atoms with E-state index in [1.165, 1.54) is 21.6 Å². The second-order valence-electron chi connectivity index (χ2n) is 8.53. The molecule has 0 spiro atoms. The van der Waals surface area contributed by atoms with Gasteiger partial charge in [-0.15, -0.1) is 0 Å². The Balaban J connectivity index is 0.00000385. The summed E-state index contributed by atoms with van der Waals surface area (Å²) in [7, 11) is 2.37. The molecule has 0 aliphatic carbocycles. The van der Waals surface area contributed by atoms with Crippen molar-refractivity contribution in [1.29, 1.82) is 0 Å². The zero-order valence-electron chi connectivity index (χ0n) is 19.7. The van der Waals surface area contributed by atoms with Crippen LogP contribution in [0.2, 0.25) is 0 Å². The van der Waals surface area contributed by atoms with Gasteiger partial charge in [-0.25, -0.2) is 0 Å². The Bertz CT molecular complexity index is 923. The number of hydrogen-bond acceptors (Lipinski definition) is 2. The lowest BCUT2D eigenvalue weighted by Crippen LogP contribution is -3.00. The molecule has 0 saturated heterocycles. The van der Waals surface area contributed by atoms with Crippen molar-refractivity contribution < 1.29 is 26.9 Å². The number of hydrogen-bond donors (Lipinski definition) is 1. The Labute approximate surface area is 210 Å². The van der Waals surface area contributed by atoms with E-state index in [9.17, 15) is 4.79 Å². The molecule has 0 amide bonds. The van der Waals surface area contributed by atoms with Crippen molar-refractivity contribution >= 4 is 34.8 Å². The van der Waals surface area contributed by atoms with Gasteiger partial charge in [0.1, 0.15) is 23.2 Å². The number of carboxylic acid groups (broad SMARTS) is 1. The van der Waals surface area contributed by atoms with Gasteiger partial charge in [-0.05, 0) is 67.8 Å². The minimum absolute atomic E-state index is 0. The first-order valence-electron chi connectivity index (χ1n) is 11.5. The smallest absolute Gasteiger partial charge is 0.303 e. The zero-order valence-corrected chi connectivity index (χ0v) is 22.1. The molecule has 3 aromatic rings. The lowest BCUT2D eigenvalue weighted by molar-refractivity contribution is -0.137. The Morgan fingerprint density at radius 1 is 0.697 bits per heavy atom. The summed E-state index contributed by atoms with van der Waals surface area (Å²) >= 11 is 0. The summed E-state index contributed by atoms with van der Waals surface area (Å²) in [6, 6.07) is 31.2. The van der Waals surface area contributed by atoms with Crippen LogP contribution in [0, 0.1) is 0 Å². The number of nitrogens with zero attached hydrogens (tertiary/aromatic N) is 1. The SMILES string of the molecule is CN(C)c1ccc([P+](CCCCCCCC(=O)O)(c2ccccc2)c2ccccc2)cc1.[Br-]. The van der Waals surface area contributed by atoms with Gasteiger partial charge in [-0.2, -0.15) is 0 Å². The van der Waals surface area contributed by atoms with E-state index in [1.807, 2.05) is 0 Å². The molecular weight excluding hydrogens is 493 g/mol. The molecule has 0 radical (unpaired) electrons. The van der Waals surface area contributed by atoms with Gasteiger partial charge in [0.05, 0.1) is 6.16 Å². The number of carboxylic acids is 1. The van der Waals surface area contributed by atoms with Gasteiger partial charge in [-0.3, -0.25) is 4.79 Å². The van der Waals surface area contributed by atoms with Crippen molar-refractivity contribution in [1.82, 2.24) is 0 Å². The van der Waals surface area contributed by atoms with E-state index in [0.717, 1.165) is 38.3 Å². The van der Waals surface area contributed by atoms with Crippen LogP contribution in [0.1, 0.15) is 38.5 Å². The molecule has 5 heteroatoms. The van der Waals surface area contributed by atoms with E-state index in [-0.39, 0.29) is 23.4 Å². The van der Waals surface area contributed by atoms with Crippen LogP contribution in [0.4, 0.5) is 5.69 Å². The molecule has 1 N–H and O–H groups in total. The van der Waals surface area contributed by atoms with Gasteiger partial charge >= 0.3 is 5.97 Å². The molecular formula is C28H35BrNO2P. The second kappa shape index (κ2) is 13.5. The van der Waals surface area contributed by atoms with E-state index < -0.39 is 13.2 Å². The molecule has 176 valence electrons. The van der Waals surface area contributed by atoms with Gasteiger partial charge in [0, 0.05) is 26.2 Å². The van der Waals surface area contributed by atoms with Gasteiger partial charge < -0.3 is 27.0 Å². The van der Waals surface area contributed by atoms with Crippen molar-refractivity contribution in [2.24, 2.45) is 0 Å². The van der Waals surface area contributed by atoms with Crippen LogP contribution < -0.4 is 37.8 Å². The van der Waals surface area contributed by atoms with E-state index >= 15 is 0 Å². The highest BCUT2D eigenvalue weighted by Crippen LogP contribution is 2.56. The number of unbranched alkanes of at least 4 members (excludes halogenated alkanes) is 4. The average Bonchev–Trinajstić information content (AvgIpc) is 2.82. The minimum Gasteiger partial charge on any atom is -1.00 e. The third kappa shape index (κ3) is 7.16. The Morgan fingerprint density at radius 3 is 1.64 bits per heavy atom. The normalized spacial score (nSPS) is 11.0. The molecule has 0 unspecified atom stereocenters. The number of carbonyl (C=O) groups is 1. The third-order valence-corrected chi connectivity index (χ3v) is 10.6. The summed E-state index contributed by atoms with van der Waals surface area (Å²) in [4.78, 5) is 12.9. The van der Waals surface area contributed by atoms with Crippen LogP contribution in [0.3, 0.4) is 0 Å². The monoisotopic (exact) mass is 527 g/mol. The van der Waals surface area contributed by atoms with Crippen LogP contribution in [0.5, 0.6) is 0 Å². The zero-order chi connectivity index (χ0) is 22.8. The predicted molar refractivity (Wildman–Crippen MR) is 140 cm³/mol. The maximum atomic E-state index is 10.8. The van der Waals surface area contributed by atoms with E-state index in [2.05, 4.69) is 104 Å². The lowest BCUT2D eigenvalue weighted by atomic mass is 10.1. The topological polar surface area (TPSA) is 40.5 Å². The number of halogens is 1. The quantitative estimate of drug-likeness (QED) is 0.290. The molecule has 3 nitrogen and oxygen atoms in total. The Kier molecular flexibility index (Phi) is 11.1. The summed E-state index contributed by atoms with van der Waals surface area (Å²) in [6.07, 6.45) is 6.54. The van der Waals surface area contributed by atoms with Crippen LogP contribution in [-0.4, -0.2) is 31.3 Å². The first kappa shape index (κ1) is 27.1. The van der Waals surface area contributed by atoms with Gasteiger partial charge in [-0.1, -0.05) is 49.2 Å². The number of rotatable bonds is 12. The molecule has 0 aliphatic heterocycles. The molecule has 3 rings (SSSR count). The molecule has 3 aromatic carbocycles. The number of benzene rings is 3. The van der Waals surface area contributed by atoms with E-state index in [4.69, 9.17) is 5.11 Å². The largest absolute Gasteiger partial charge is 1.00 e. The van der Waals surface area contributed by atoms with Crippen molar-refractivity contribution in [2.45, 2.75) is 38.5 Å². The Morgan fingerprint density at radius 2 is 1.15 bits per heavy atom. The van der Waals surface area contributed by atoms with Crippen molar-refractivity contribution in [3.63, 3.8) is 0 Å². The van der Waals surface area contributed by atoms with Crippen LogP contribution in [-0.2, 0) is 4.79 Å². The first-order chi connectivity index (χ1) is 15.5. The summed E-state index contributed by atoms with van der Waals surface area (Å²) in [5, 5.41) is 13.1. The highest BCUT2D eigenvalue weighted by Gasteiger charge is 2.44.